The van der Waals surface area contributed by atoms with Crippen molar-refractivity contribution in [2.75, 3.05) is 19.7 Å². The fraction of sp³-hybridized carbons (Fsp3) is 0.800. The fourth-order valence-electron chi connectivity index (χ4n) is 4.28. The van der Waals surface area contributed by atoms with Crippen molar-refractivity contribution in [3.8, 4) is 0 Å². The molecule has 122 valence electrons. The number of ketones is 1. The van der Waals surface area contributed by atoms with Crippen molar-refractivity contribution in [1.82, 2.24) is 10.6 Å². The highest BCUT2D eigenvalue weighted by atomic mass is 16.3. The van der Waals surface area contributed by atoms with Crippen LogP contribution in [0.15, 0.2) is 0 Å². The van der Waals surface area contributed by atoms with Crippen molar-refractivity contribution in [2.45, 2.75) is 31.7 Å². The second-order valence-corrected chi connectivity index (χ2v) is 6.96. The summed E-state index contributed by atoms with van der Waals surface area (Å²) in [6.45, 7) is 0.847. The van der Waals surface area contributed by atoms with Crippen LogP contribution in [-0.2, 0) is 14.4 Å². The van der Waals surface area contributed by atoms with Gasteiger partial charge < -0.3 is 21.5 Å². The minimum absolute atomic E-state index is 0.00463. The van der Waals surface area contributed by atoms with Gasteiger partial charge in [-0.2, -0.15) is 0 Å². The molecule has 2 heterocycles. The standard InChI is InChI=1S/C15H23N3O4/c16-13(21)11-5-15(7-18-11)4-10(15)9(12(20)6-19)3-8-1-2-17-14(8)22/h8-11,18-19H,1-7H2,(H2,16,21)(H,17,22)/t8-,9+,10?,11?,15?/m1/s1. The Kier molecular flexibility index (Phi) is 3.94. The highest BCUT2D eigenvalue weighted by Gasteiger charge is 2.62. The molecule has 7 nitrogen and oxygen atoms in total. The third kappa shape index (κ3) is 2.63. The summed E-state index contributed by atoms with van der Waals surface area (Å²) >= 11 is 0. The summed E-state index contributed by atoms with van der Waals surface area (Å²) in [5.74, 6) is -0.846. The molecule has 1 spiro atoms. The molecule has 3 aliphatic rings. The number of carbonyl (C=O) groups is 3. The van der Waals surface area contributed by atoms with Gasteiger partial charge in [0.05, 0.1) is 6.04 Å². The van der Waals surface area contributed by atoms with E-state index < -0.39 is 6.61 Å². The highest BCUT2D eigenvalue weighted by Crippen LogP contribution is 2.62. The second-order valence-electron chi connectivity index (χ2n) is 6.96. The Bertz CT molecular complexity index is 509. The van der Waals surface area contributed by atoms with E-state index in [0.29, 0.717) is 25.9 Å². The van der Waals surface area contributed by atoms with Gasteiger partial charge in [0.15, 0.2) is 5.78 Å². The Balaban J connectivity index is 1.68. The number of amides is 2. The summed E-state index contributed by atoms with van der Waals surface area (Å²) in [7, 11) is 0. The van der Waals surface area contributed by atoms with E-state index in [0.717, 1.165) is 12.8 Å². The van der Waals surface area contributed by atoms with E-state index in [1.807, 2.05) is 0 Å². The van der Waals surface area contributed by atoms with E-state index in [1.165, 1.54) is 0 Å². The third-order valence-electron chi connectivity index (χ3n) is 5.66. The molecule has 7 heteroatoms. The van der Waals surface area contributed by atoms with Crippen molar-refractivity contribution in [3.63, 3.8) is 0 Å². The monoisotopic (exact) mass is 309 g/mol. The van der Waals surface area contributed by atoms with Crippen LogP contribution in [-0.4, -0.2) is 48.4 Å². The Labute approximate surface area is 129 Å². The molecule has 2 saturated heterocycles. The molecule has 0 aromatic rings. The van der Waals surface area contributed by atoms with Crippen molar-refractivity contribution in [1.29, 1.82) is 0 Å². The van der Waals surface area contributed by atoms with Crippen LogP contribution in [0.4, 0.5) is 0 Å². The number of primary amides is 1. The van der Waals surface area contributed by atoms with Crippen molar-refractivity contribution >= 4 is 17.6 Å². The zero-order valence-electron chi connectivity index (χ0n) is 12.5. The largest absolute Gasteiger partial charge is 0.389 e. The minimum atomic E-state index is -0.488. The second kappa shape index (κ2) is 5.62. The van der Waals surface area contributed by atoms with E-state index in [9.17, 15) is 19.5 Å². The minimum Gasteiger partial charge on any atom is -0.389 e. The normalized spacial score (nSPS) is 38.0. The first-order valence-electron chi connectivity index (χ1n) is 7.91. The Hall–Kier alpha value is -1.47. The van der Waals surface area contributed by atoms with E-state index >= 15 is 0 Å². The quantitative estimate of drug-likeness (QED) is 0.478. The van der Waals surface area contributed by atoms with Gasteiger partial charge in [0.2, 0.25) is 11.8 Å². The number of nitrogens with two attached hydrogens (primary N) is 1. The predicted molar refractivity (Wildman–Crippen MR) is 77.5 cm³/mol. The highest BCUT2D eigenvalue weighted by molar-refractivity contribution is 5.85. The van der Waals surface area contributed by atoms with Gasteiger partial charge in [-0.05, 0) is 37.0 Å². The summed E-state index contributed by atoms with van der Waals surface area (Å²) in [5, 5.41) is 15.2. The molecule has 3 rings (SSSR count). The molecule has 3 fully saturated rings. The number of hydrogen-bond acceptors (Lipinski definition) is 5. The van der Waals surface area contributed by atoms with Crippen LogP contribution in [0.25, 0.3) is 0 Å². The molecule has 0 bridgehead atoms. The molecule has 0 aromatic carbocycles. The molecule has 3 unspecified atom stereocenters. The predicted octanol–water partition coefficient (Wildman–Crippen LogP) is -1.46. The lowest BCUT2D eigenvalue weighted by Gasteiger charge is -2.20. The van der Waals surface area contributed by atoms with E-state index in [-0.39, 0.29) is 46.8 Å². The Morgan fingerprint density at radius 2 is 2.18 bits per heavy atom. The molecule has 2 aliphatic heterocycles. The van der Waals surface area contributed by atoms with Gasteiger partial charge >= 0.3 is 0 Å². The van der Waals surface area contributed by atoms with Crippen LogP contribution in [0.5, 0.6) is 0 Å². The lowest BCUT2D eigenvalue weighted by atomic mass is 9.83. The molecule has 5 N–H and O–H groups in total. The molecule has 1 aliphatic carbocycles. The zero-order chi connectivity index (χ0) is 15.9. The number of aliphatic hydroxyl groups excluding tert-OH is 1. The van der Waals surface area contributed by atoms with Crippen LogP contribution in [0.3, 0.4) is 0 Å². The summed E-state index contributed by atoms with van der Waals surface area (Å²) in [6, 6.07) is -0.329. The van der Waals surface area contributed by atoms with E-state index in [1.54, 1.807) is 0 Å². The number of rotatable bonds is 6. The van der Waals surface area contributed by atoms with Gasteiger partial charge in [0.1, 0.15) is 6.61 Å². The lowest BCUT2D eigenvalue weighted by Crippen LogP contribution is -2.36. The van der Waals surface area contributed by atoms with E-state index in [2.05, 4.69) is 10.6 Å². The summed E-state index contributed by atoms with van der Waals surface area (Å²) in [6.07, 6.45) is 2.75. The molecular weight excluding hydrogens is 286 g/mol. The van der Waals surface area contributed by atoms with Gasteiger partial charge in [0.25, 0.3) is 0 Å². The molecule has 22 heavy (non-hydrogen) atoms. The van der Waals surface area contributed by atoms with Crippen molar-refractivity contribution in [2.24, 2.45) is 28.9 Å². The first-order chi connectivity index (χ1) is 10.5. The van der Waals surface area contributed by atoms with Crippen molar-refractivity contribution < 1.29 is 19.5 Å². The van der Waals surface area contributed by atoms with Gasteiger partial charge in [0, 0.05) is 24.9 Å². The topological polar surface area (TPSA) is 122 Å². The molecule has 0 aromatic heterocycles. The molecule has 2 amide bonds. The third-order valence-corrected chi connectivity index (χ3v) is 5.66. The number of carbonyl (C=O) groups excluding carboxylic acids is 3. The first kappa shape index (κ1) is 15.4. The van der Waals surface area contributed by atoms with Gasteiger partial charge in [-0.15, -0.1) is 0 Å². The van der Waals surface area contributed by atoms with Gasteiger partial charge in [-0.1, -0.05) is 0 Å². The van der Waals surface area contributed by atoms with E-state index in [4.69, 9.17) is 5.73 Å². The number of Topliss-reactive ketones (excluding diaryl/α,β-unsaturated/α-hetero) is 1. The molecular formula is C15H23N3O4. The number of nitrogens with one attached hydrogen (secondary N) is 2. The van der Waals surface area contributed by atoms with Gasteiger partial charge in [-0.25, -0.2) is 0 Å². The maximum atomic E-state index is 12.1. The summed E-state index contributed by atoms with van der Waals surface area (Å²) in [4.78, 5) is 35.2. The molecule has 1 saturated carbocycles. The van der Waals surface area contributed by atoms with Crippen LogP contribution < -0.4 is 16.4 Å². The molecule has 0 radical (unpaired) electrons. The number of aliphatic hydroxyl groups is 1. The summed E-state index contributed by atoms with van der Waals surface area (Å²) < 4.78 is 0. The fourth-order valence-corrected chi connectivity index (χ4v) is 4.28. The maximum absolute atomic E-state index is 12.1. The average molecular weight is 309 g/mol. The first-order valence-corrected chi connectivity index (χ1v) is 7.91. The number of hydrogen-bond donors (Lipinski definition) is 4. The Morgan fingerprint density at radius 1 is 1.41 bits per heavy atom. The SMILES string of the molecule is NC(=O)C1CC2(CN1)CC2[C@H](C[C@H]1CCNC1=O)C(=O)CO. The lowest BCUT2D eigenvalue weighted by molar-refractivity contribution is -0.128. The smallest absolute Gasteiger partial charge is 0.234 e. The van der Waals surface area contributed by atoms with Gasteiger partial charge in [-0.3, -0.25) is 14.4 Å². The Morgan fingerprint density at radius 3 is 2.73 bits per heavy atom. The van der Waals surface area contributed by atoms with Crippen LogP contribution in [0, 0.1) is 23.2 Å². The van der Waals surface area contributed by atoms with Crippen molar-refractivity contribution in [3.05, 3.63) is 0 Å². The summed E-state index contributed by atoms with van der Waals surface area (Å²) in [5.41, 5.74) is 5.28. The molecule has 5 atom stereocenters. The van der Waals surface area contributed by atoms with Crippen LogP contribution in [0.2, 0.25) is 0 Å². The van der Waals surface area contributed by atoms with Crippen LogP contribution >= 0.6 is 0 Å². The maximum Gasteiger partial charge on any atom is 0.234 e. The average Bonchev–Trinajstić information content (AvgIpc) is 2.82. The van der Waals surface area contributed by atoms with Crippen LogP contribution in [0.1, 0.15) is 25.7 Å². The zero-order valence-corrected chi connectivity index (χ0v) is 12.5.